The van der Waals surface area contributed by atoms with Crippen LogP contribution in [0.15, 0.2) is 0 Å². The van der Waals surface area contributed by atoms with Gasteiger partial charge < -0.3 is 28.8 Å². The minimum atomic E-state index is -1.11. The molecule has 2 heterocycles. The van der Waals surface area contributed by atoms with Gasteiger partial charge in [-0.2, -0.15) is 0 Å². The van der Waals surface area contributed by atoms with E-state index in [9.17, 15) is 24.3 Å². The molecule has 7 atom stereocenters. The van der Waals surface area contributed by atoms with Crippen LogP contribution in [-0.4, -0.2) is 64.8 Å². The average Bonchev–Trinajstić information content (AvgIpc) is 3.12. The van der Waals surface area contributed by atoms with Gasteiger partial charge >= 0.3 is 23.9 Å². The zero-order chi connectivity index (χ0) is 30.8. The summed E-state index contributed by atoms with van der Waals surface area (Å²) in [7, 11) is 0. The van der Waals surface area contributed by atoms with Gasteiger partial charge in [0.25, 0.3) is 0 Å². The Morgan fingerprint density at radius 2 is 1.61 bits per heavy atom. The van der Waals surface area contributed by atoms with Gasteiger partial charge in [-0.1, -0.05) is 36.6 Å². The van der Waals surface area contributed by atoms with Gasteiger partial charge in [0.15, 0.2) is 6.10 Å². The number of ether oxygens (including phenoxy) is 5. The Bertz CT molecular complexity index is 1130. The van der Waals surface area contributed by atoms with E-state index >= 15 is 0 Å². The van der Waals surface area contributed by atoms with Gasteiger partial charge in [0.05, 0.1) is 34.9 Å². The second-order valence-corrected chi connectivity index (χ2v) is 15.4. The van der Waals surface area contributed by atoms with Crippen LogP contribution in [0.1, 0.15) is 148 Å². The van der Waals surface area contributed by atoms with Crippen LogP contribution >= 0.6 is 0 Å². The lowest BCUT2D eigenvalue weighted by Gasteiger charge is -2.63. The third-order valence-corrected chi connectivity index (χ3v) is 10.5. The maximum absolute atomic E-state index is 14.0. The standard InChI is InChI=1S/C32H48O10.4CH4/c1-7-29(6,16-27(2,3)24(34)39-21-12-22(33)41-28(21,4)5)25(35)42-32-15-20-13-30(18-32,17-31(37,14-20)19-32)26(36)40-23-10-8-9-11-38-23;;;;/h20-21,23,37H,7-19H2,1-6H3;4*1H4. The molecule has 268 valence electrons. The van der Waals surface area contributed by atoms with Crippen LogP contribution < -0.4 is 0 Å². The van der Waals surface area contributed by atoms with Crippen molar-refractivity contribution in [2.75, 3.05) is 6.61 Å². The summed E-state index contributed by atoms with van der Waals surface area (Å²) in [5.41, 5.74) is -6.02. The lowest BCUT2D eigenvalue weighted by molar-refractivity contribution is -0.259. The predicted octanol–water partition coefficient (Wildman–Crippen LogP) is 7.07. The largest absolute Gasteiger partial charge is 0.458 e. The summed E-state index contributed by atoms with van der Waals surface area (Å²) in [4.78, 5) is 52.8. The van der Waals surface area contributed by atoms with Crippen molar-refractivity contribution in [3.8, 4) is 0 Å². The highest BCUT2D eigenvalue weighted by Crippen LogP contribution is 2.65. The van der Waals surface area contributed by atoms with Gasteiger partial charge in [-0.3, -0.25) is 19.2 Å². The second kappa shape index (κ2) is 14.1. The Hall–Kier alpha value is -2.20. The highest BCUT2D eigenvalue weighted by atomic mass is 16.7. The molecule has 0 amide bonds. The Morgan fingerprint density at radius 1 is 0.935 bits per heavy atom. The first-order valence-corrected chi connectivity index (χ1v) is 15.6. The van der Waals surface area contributed by atoms with Crippen molar-refractivity contribution in [2.24, 2.45) is 22.2 Å². The molecule has 4 aliphatic carbocycles. The van der Waals surface area contributed by atoms with Crippen molar-refractivity contribution >= 4 is 23.9 Å². The van der Waals surface area contributed by atoms with E-state index in [1.54, 1.807) is 34.6 Å². The van der Waals surface area contributed by atoms with Crippen LogP contribution in [0, 0.1) is 22.2 Å². The summed E-state index contributed by atoms with van der Waals surface area (Å²) < 4.78 is 28.9. The molecule has 0 spiro atoms. The first-order valence-electron chi connectivity index (χ1n) is 15.6. The van der Waals surface area contributed by atoms with E-state index in [1.165, 1.54) is 0 Å². The molecule has 6 fully saturated rings. The fraction of sp³-hybridized carbons (Fsp3) is 0.889. The molecule has 2 aliphatic heterocycles. The number of carbonyl (C=O) groups is 4. The predicted molar refractivity (Wildman–Crippen MR) is 175 cm³/mol. The van der Waals surface area contributed by atoms with Crippen LogP contribution in [0.2, 0.25) is 0 Å². The van der Waals surface area contributed by atoms with E-state index in [2.05, 4.69) is 0 Å². The Kier molecular flexibility index (Phi) is 12.8. The van der Waals surface area contributed by atoms with E-state index in [4.69, 9.17) is 23.7 Å². The van der Waals surface area contributed by atoms with Gasteiger partial charge in [0.2, 0.25) is 6.29 Å². The summed E-state index contributed by atoms with van der Waals surface area (Å²) >= 11 is 0. The van der Waals surface area contributed by atoms with E-state index in [0.717, 1.165) is 12.8 Å². The molecule has 6 rings (SSSR count). The minimum Gasteiger partial charge on any atom is -0.458 e. The summed E-state index contributed by atoms with van der Waals surface area (Å²) in [5, 5.41) is 11.6. The Balaban J connectivity index is 0.00000264. The molecule has 4 bridgehead atoms. The maximum atomic E-state index is 14.0. The van der Waals surface area contributed by atoms with Gasteiger partial charge in [0, 0.05) is 19.3 Å². The van der Waals surface area contributed by atoms with Crippen LogP contribution in [0.5, 0.6) is 0 Å². The molecule has 0 aromatic heterocycles. The third kappa shape index (κ3) is 7.91. The van der Waals surface area contributed by atoms with Crippen LogP contribution in [0.3, 0.4) is 0 Å². The number of hydrogen-bond acceptors (Lipinski definition) is 10. The average molecular weight is 657 g/mol. The number of esters is 4. The minimum absolute atomic E-state index is 0. The van der Waals surface area contributed by atoms with Gasteiger partial charge in [-0.25, -0.2) is 0 Å². The van der Waals surface area contributed by atoms with E-state index in [1.807, 2.05) is 6.92 Å². The first kappa shape index (κ1) is 41.8. The highest BCUT2D eigenvalue weighted by Gasteiger charge is 2.68. The highest BCUT2D eigenvalue weighted by molar-refractivity contribution is 5.82. The van der Waals surface area contributed by atoms with Gasteiger partial charge in [-0.15, -0.1) is 0 Å². The molecular formula is C36H64O10. The summed E-state index contributed by atoms with van der Waals surface area (Å²) in [6.07, 6.45) is 4.48. The molecule has 0 aromatic rings. The van der Waals surface area contributed by atoms with E-state index < -0.39 is 63.4 Å². The third-order valence-electron chi connectivity index (χ3n) is 10.5. The van der Waals surface area contributed by atoms with Crippen molar-refractivity contribution in [3.05, 3.63) is 0 Å². The van der Waals surface area contributed by atoms with Crippen molar-refractivity contribution in [1.82, 2.24) is 0 Å². The van der Waals surface area contributed by atoms with Crippen LogP contribution in [0.25, 0.3) is 0 Å². The van der Waals surface area contributed by atoms with Crippen LogP contribution in [-0.2, 0) is 42.9 Å². The molecule has 10 nitrogen and oxygen atoms in total. The number of aliphatic hydroxyl groups is 1. The van der Waals surface area contributed by atoms with Crippen LogP contribution in [0.4, 0.5) is 0 Å². The summed E-state index contributed by atoms with van der Waals surface area (Å²) in [5.74, 6) is -1.70. The normalized spacial score (nSPS) is 35.0. The molecule has 4 saturated carbocycles. The molecule has 7 unspecified atom stereocenters. The second-order valence-electron chi connectivity index (χ2n) is 15.4. The number of cyclic esters (lactones) is 1. The zero-order valence-corrected chi connectivity index (χ0v) is 26.0. The monoisotopic (exact) mass is 656 g/mol. The molecular weight excluding hydrogens is 592 g/mol. The lowest BCUT2D eigenvalue weighted by atomic mass is 9.46. The van der Waals surface area contributed by atoms with Crippen molar-refractivity contribution in [1.29, 1.82) is 0 Å². The van der Waals surface area contributed by atoms with E-state index in [-0.39, 0.29) is 60.9 Å². The summed E-state index contributed by atoms with van der Waals surface area (Å²) in [6.45, 7) is 11.1. The number of carbonyl (C=O) groups excluding carboxylic acids is 4. The first-order chi connectivity index (χ1) is 19.4. The Labute approximate surface area is 278 Å². The number of hydrogen-bond donors (Lipinski definition) is 1. The molecule has 2 saturated heterocycles. The fourth-order valence-electron chi connectivity index (χ4n) is 8.67. The van der Waals surface area contributed by atoms with E-state index in [0.29, 0.717) is 51.6 Å². The number of rotatable bonds is 9. The molecule has 0 aromatic carbocycles. The fourth-order valence-corrected chi connectivity index (χ4v) is 8.67. The molecule has 46 heavy (non-hydrogen) atoms. The molecule has 1 N–H and O–H groups in total. The SMILES string of the molecule is C.C.C.C.CCC(C)(CC(C)(C)C(=O)OC1CC(=O)OC1(C)C)C(=O)OC12CC3CC(O)(C1)CC(C(=O)OC1CCCCO1)(C3)C2. The molecule has 6 aliphatic rings. The smallest absolute Gasteiger partial charge is 0.314 e. The van der Waals surface area contributed by atoms with Crippen molar-refractivity contribution < 1.29 is 48.0 Å². The molecule has 10 heteroatoms. The maximum Gasteiger partial charge on any atom is 0.314 e. The van der Waals surface area contributed by atoms with Crippen molar-refractivity contribution in [3.63, 3.8) is 0 Å². The lowest BCUT2D eigenvalue weighted by Crippen LogP contribution is -2.67. The van der Waals surface area contributed by atoms with Crippen molar-refractivity contribution in [2.45, 2.75) is 177 Å². The van der Waals surface area contributed by atoms with Gasteiger partial charge in [0.1, 0.15) is 11.2 Å². The Morgan fingerprint density at radius 3 is 2.15 bits per heavy atom. The summed E-state index contributed by atoms with van der Waals surface area (Å²) in [6, 6.07) is 0. The topological polar surface area (TPSA) is 135 Å². The molecule has 0 radical (unpaired) electrons. The van der Waals surface area contributed by atoms with Gasteiger partial charge in [-0.05, 0) is 91.9 Å². The quantitative estimate of drug-likeness (QED) is 0.203. The zero-order valence-electron chi connectivity index (χ0n) is 26.0.